The van der Waals surface area contributed by atoms with Crippen LogP contribution in [0.1, 0.15) is 13.8 Å². The largest absolute Gasteiger partial charge is 0.373 e. The van der Waals surface area contributed by atoms with E-state index in [1.54, 1.807) is 0 Å². The molecule has 0 spiro atoms. The highest BCUT2D eigenvalue weighted by atomic mass is 31.0. The van der Waals surface area contributed by atoms with Crippen molar-refractivity contribution in [1.82, 2.24) is 4.67 Å². The van der Waals surface area contributed by atoms with Crippen molar-refractivity contribution in [1.29, 1.82) is 0 Å². The van der Waals surface area contributed by atoms with E-state index in [4.69, 9.17) is 4.74 Å². The number of morpholine rings is 1. The van der Waals surface area contributed by atoms with Crippen LogP contribution in [0.2, 0.25) is 0 Å². The monoisotopic (exact) mass is 147 g/mol. The topological polar surface area (TPSA) is 12.5 Å². The van der Waals surface area contributed by atoms with Crippen LogP contribution in [0, 0.1) is 0 Å². The fourth-order valence-electron chi connectivity index (χ4n) is 1.22. The summed E-state index contributed by atoms with van der Waals surface area (Å²) in [5.74, 6) is 0. The van der Waals surface area contributed by atoms with E-state index in [9.17, 15) is 0 Å². The Balaban J connectivity index is 2.34. The lowest BCUT2D eigenvalue weighted by Crippen LogP contribution is -2.40. The second-order valence-electron chi connectivity index (χ2n) is 2.71. The quantitative estimate of drug-likeness (QED) is 0.472. The Morgan fingerprint density at radius 3 is 2.11 bits per heavy atom. The molecule has 0 aliphatic carbocycles. The van der Waals surface area contributed by atoms with E-state index >= 15 is 0 Å². The maximum atomic E-state index is 5.50. The van der Waals surface area contributed by atoms with Gasteiger partial charge in [-0.2, -0.15) is 0 Å². The highest BCUT2D eigenvalue weighted by Crippen LogP contribution is 2.12. The lowest BCUT2D eigenvalue weighted by atomic mass is 10.3. The third kappa shape index (κ3) is 2.21. The first kappa shape index (κ1) is 7.46. The van der Waals surface area contributed by atoms with Crippen molar-refractivity contribution in [2.75, 3.05) is 13.1 Å². The van der Waals surface area contributed by atoms with Gasteiger partial charge in [0.2, 0.25) is 0 Å². The third-order valence-electron chi connectivity index (χ3n) is 1.45. The summed E-state index contributed by atoms with van der Waals surface area (Å²) in [6.07, 6.45) is 0.789. The molecule has 1 saturated heterocycles. The molecule has 0 amide bonds. The molecule has 9 heavy (non-hydrogen) atoms. The van der Waals surface area contributed by atoms with Crippen molar-refractivity contribution in [3.8, 4) is 0 Å². The normalized spacial score (nSPS) is 39.0. The predicted octanol–water partition coefficient (Wildman–Crippen LogP) is 0.886. The van der Waals surface area contributed by atoms with Crippen LogP contribution in [0.4, 0.5) is 0 Å². The fourth-order valence-corrected chi connectivity index (χ4v) is 1.81. The van der Waals surface area contributed by atoms with E-state index < -0.39 is 0 Å². The van der Waals surface area contributed by atoms with Gasteiger partial charge in [-0.15, -0.1) is 0 Å². The molecule has 0 aromatic rings. The summed E-state index contributed by atoms with van der Waals surface area (Å²) in [7, 11) is 2.71. The summed E-state index contributed by atoms with van der Waals surface area (Å²) < 4.78 is 7.72. The van der Waals surface area contributed by atoms with Gasteiger partial charge in [0.05, 0.1) is 12.2 Å². The Hall–Kier alpha value is 0.350. The van der Waals surface area contributed by atoms with Crippen LogP contribution in [-0.2, 0) is 4.74 Å². The van der Waals surface area contributed by atoms with Gasteiger partial charge < -0.3 is 4.74 Å². The summed E-state index contributed by atoms with van der Waals surface area (Å²) in [4.78, 5) is 0. The van der Waals surface area contributed by atoms with Crippen LogP contribution in [0.25, 0.3) is 0 Å². The minimum absolute atomic E-state index is 0.395. The van der Waals surface area contributed by atoms with Crippen LogP contribution in [0.5, 0.6) is 0 Å². The van der Waals surface area contributed by atoms with Crippen LogP contribution in [0.15, 0.2) is 0 Å². The van der Waals surface area contributed by atoms with E-state index in [0.717, 1.165) is 13.1 Å². The molecule has 0 bridgehead atoms. The average molecular weight is 147 g/mol. The van der Waals surface area contributed by atoms with Gasteiger partial charge in [0.1, 0.15) is 0 Å². The predicted molar refractivity (Wildman–Crippen MR) is 41.3 cm³/mol. The van der Waals surface area contributed by atoms with Crippen LogP contribution in [0.3, 0.4) is 0 Å². The first-order valence-electron chi connectivity index (χ1n) is 3.33. The van der Waals surface area contributed by atoms with Crippen molar-refractivity contribution in [3.05, 3.63) is 0 Å². The van der Waals surface area contributed by atoms with Crippen LogP contribution >= 0.6 is 9.39 Å². The zero-order valence-corrected chi connectivity index (χ0v) is 7.16. The third-order valence-corrected chi connectivity index (χ3v) is 1.87. The van der Waals surface area contributed by atoms with Gasteiger partial charge in [-0.1, -0.05) is 9.39 Å². The molecular formula is C6H14NOP. The number of nitrogens with zero attached hydrogens (tertiary/aromatic N) is 1. The Labute approximate surface area is 58.8 Å². The van der Waals surface area contributed by atoms with Crippen LogP contribution < -0.4 is 0 Å². The minimum atomic E-state index is 0.395. The maximum Gasteiger partial charge on any atom is 0.0681 e. The summed E-state index contributed by atoms with van der Waals surface area (Å²) in [6.45, 7) is 6.28. The number of rotatable bonds is 0. The molecule has 1 fully saturated rings. The van der Waals surface area contributed by atoms with Gasteiger partial charge in [-0.25, -0.2) is 0 Å². The molecule has 3 unspecified atom stereocenters. The van der Waals surface area contributed by atoms with E-state index in [0.29, 0.717) is 12.2 Å². The number of hydrogen-bond donors (Lipinski definition) is 0. The van der Waals surface area contributed by atoms with Crippen molar-refractivity contribution in [2.24, 2.45) is 0 Å². The van der Waals surface area contributed by atoms with Gasteiger partial charge >= 0.3 is 0 Å². The number of ether oxygens (including phenoxy) is 1. The first-order chi connectivity index (χ1) is 4.18. The van der Waals surface area contributed by atoms with Gasteiger partial charge in [0.15, 0.2) is 0 Å². The molecule has 1 rings (SSSR count). The zero-order valence-electron chi connectivity index (χ0n) is 6.00. The molecule has 2 nitrogen and oxygen atoms in total. The molecule has 0 saturated carbocycles. The molecule has 54 valence electrons. The summed E-state index contributed by atoms with van der Waals surface area (Å²) in [6, 6.07) is 0. The van der Waals surface area contributed by atoms with Crippen LogP contribution in [-0.4, -0.2) is 30.0 Å². The maximum absolute atomic E-state index is 5.50. The fraction of sp³-hybridized carbons (Fsp3) is 1.00. The lowest BCUT2D eigenvalue weighted by Gasteiger charge is -2.32. The number of hydrogen-bond acceptors (Lipinski definition) is 2. The smallest absolute Gasteiger partial charge is 0.0681 e. The molecule has 0 aromatic carbocycles. The van der Waals surface area contributed by atoms with E-state index in [1.165, 1.54) is 0 Å². The summed E-state index contributed by atoms with van der Waals surface area (Å²) >= 11 is 0. The molecule has 1 aliphatic rings. The molecule has 1 aliphatic heterocycles. The van der Waals surface area contributed by atoms with Gasteiger partial charge in [-0.05, 0) is 13.8 Å². The zero-order chi connectivity index (χ0) is 6.85. The minimum Gasteiger partial charge on any atom is -0.373 e. The molecule has 0 N–H and O–H groups in total. The summed E-state index contributed by atoms with van der Waals surface area (Å²) in [5, 5.41) is 0. The molecule has 0 radical (unpaired) electrons. The Morgan fingerprint density at radius 1 is 1.33 bits per heavy atom. The van der Waals surface area contributed by atoms with Gasteiger partial charge in [0, 0.05) is 13.1 Å². The Bertz CT molecular complexity index is 74.0. The molecular weight excluding hydrogens is 133 g/mol. The Kier molecular flexibility index (Phi) is 2.45. The van der Waals surface area contributed by atoms with E-state index in [1.807, 2.05) is 0 Å². The highest BCUT2D eigenvalue weighted by molar-refractivity contribution is 7.13. The van der Waals surface area contributed by atoms with Gasteiger partial charge in [-0.3, -0.25) is 4.67 Å². The van der Waals surface area contributed by atoms with Crippen molar-refractivity contribution >= 4 is 9.39 Å². The molecule has 3 atom stereocenters. The highest BCUT2D eigenvalue weighted by Gasteiger charge is 2.18. The van der Waals surface area contributed by atoms with E-state index in [2.05, 4.69) is 27.9 Å². The SMILES string of the molecule is CC1CN(P)CC(C)O1. The average Bonchev–Trinajstić information content (AvgIpc) is 1.59. The lowest BCUT2D eigenvalue weighted by molar-refractivity contribution is -0.0417. The molecule has 3 heteroatoms. The van der Waals surface area contributed by atoms with E-state index in [-0.39, 0.29) is 0 Å². The Morgan fingerprint density at radius 2 is 1.78 bits per heavy atom. The van der Waals surface area contributed by atoms with Crippen molar-refractivity contribution in [3.63, 3.8) is 0 Å². The second kappa shape index (κ2) is 2.96. The summed E-state index contributed by atoms with van der Waals surface area (Å²) in [5.41, 5.74) is 0. The molecule has 0 aromatic heterocycles. The van der Waals surface area contributed by atoms with Gasteiger partial charge in [0.25, 0.3) is 0 Å². The standard InChI is InChI=1S/C6H14NOP/c1-5-3-7(9)4-6(2)8-5/h5-6H,3-4,9H2,1-2H3. The van der Waals surface area contributed by atoms with Crippen molar-refractivity contribution in [2.45, 2.75) is 26.1 Å². The second-order valence-corrected chi connectivity index (χ2v) is 3.44. The van der Waals surface area contributed by atoms with Crippen molar-refractivity contribution < 1.29 is 4.74 Å². The first-order valence-corrected chi connectivity index (χ1v) is 3.85. The molecule has 1 heterocycles.